The lowest BCUT2D eigenvalue weighted by Gasteiger charge is -2.37. The molecule has 3 fully saturated rings. The van der Waals surface area contributed by atoms with Crippen LogP contribution in [0.2, 0.25) is 5.02 Å². The van der Waals surface area contributed by atoms with Gasteiger partial charge in [0.2, 0.25) is 5.91 Å². The van der Waals surface area contributed by atoms with Gasteiger partial charge in [-0.1, -0.05) is 23.7 Å². The number of carbonyl (C=O) groups excluding carboxylic acids is 1. The van der Waals surface area contributed by atoms with Gasteiger partial charge in [-0.3, -0.25) is 9.79 Å². The largest absolute Gasteiger partial charge is 0.378 e. The first-order valence-corrected chi connectivity index (χ1v) is 11.2. The minimum Gasteiger partial charge on any atom is -0.378 e. The molecule has 7 heteroatoms. The molecule has 2 aliphatic heterocycles. The van der Waals surface area contributed by atoms with Crippen molar-refractivity contribution < 1.29 is 9.53 Å². The first kappa shape index (κ1) is 20.5. The lowest BCUT2D eigenvalue weighted by Crippen LogP contribution is -2.50. The van der Waals surface area contributed by atoms with Gasteiger partial charge in [-0.2, -0.15) is 0 Å². The van der Waals surface area contributed by atoms with Crippen LogP contribution >= 0.6 is 11.6 Å². The molecular weight excluding hydrogens is 388 g/mol. The van der Waals surface area contributed by atoms with Crippen LogP contribution in [0.4, 0.5) is 0 Å². The average molecular weight is 419 g/mol. The van der Waals surface area contributed by atoms with Crippen LogP contribution in [0.1, 0.15) is 37.7 Å². The highest BCUT2D eigenvalue weighted by atomic mass is 35.5. The third-order valence-corrected chi connectivity index (χ3v) is 6.39. The predicted molar refractivity (Wildman–Crippen MR) is 115 cm³/mol. The molecular formula is C22H31ClN4O2. The van der Waals surface area contributed by atoms with Gasteiger partial charge < -0.3 is 19.9 Å². The number of hydrogen-bond acceptors (Lipinski definition) is 3. The number of piperidine rings is 1. The number of amides is 1. The molecule has 1 saturated carbocycles. The number of halogens is 1. The van der Waals surface area contributed by atoms with Crippen molar-refractivity contribution in [2.45, 2.75) is 38.1 Å². The molecule has 0 radical (unpaired) electrons. The van der Waals surface area contributed by atoms with Crippen molar-refractivity contribution in [3.8, 4) is 0 Å². The van der Waals surface area contributed by atoms with E-state index in [9.17, 15) is 4.79 Å². The molecule has 4 rings (SSSR count). The lowest BCUT2D eigenvalue weighted by atomic mass is 9.95. The topological polar surface area (TPSA) is 57.2 Å². The van der Waals surface area contributed by atoms with Crippen LogP contribution in [0.25, 0.3) is 0 Å². The summed E-state index contributed by atoms with van der Waals surface area (Å²) in [5.74, 6) is 1.92. The van der Waals surface area contributed by atoms with Gasteiger partial charge >= 0.3 is 0 Å². The van der Waals surface area contributed by atoms with E-state index in [0.29, 0.717) is 31.1 Å². The van der Waals surface area contributed by atoms with Gasteiger partial charge in [-0.25, -0.2) is 0 Å². The van der Waals surface area contributed by atoms with Gasteiger partial charge in [-0.05, 0) is 43.9 Å². The zero-order valence-electron chi connectivity index (χ0n) is 17.1. The van der Waals surface area contributed by atoms with Crippen LogP contribution in [0, 0.1) is 5.92 Å². The number of guanidine groups is 1. The number of morpholine rings is 1. The summed E-state index contributed by atoms with van der Waals surface area (Å²) in [6.45, 7) is 7.36. The Morgan fingerprint density at radius 2 is 1.97 bits per heavy atom. The number of rotatable bonds is 4. The number of aliphatic imine (C=N–C) groups is 1. The Morgan fingerprint density at radius 3 is 2.66 bits per heavy atom. The highest BCUT2D eigenvalue weighted by Gasteiger charge is 2.40. The highest BCUT2D eigenvalue weighted by molar-refractivity contribution is 6.30. The van der Waals surface area contributed by atoms with Crippen LogP contribution in [-0.2, 0) is 9.53 Å². The molecule has 1 aromatic rings. The van der Waals surface area contributed by atoms with Gasteiger partial charge in [0, 0.05) is 55.6 Å². The fraction of sp³-hybridized carbons (Fsp3) is 0.636. The molecule has 2 unspecified atom stereocenters. The van der Waals surface area contributed by atoms with E-state index in [0.717, 1.165) is 63.0 Å². The highest BCUT2D eigenvalue weighted by Crippen LogP contribution is 2.41. The second-order valence-corrected chi connectivity index (χ2v) is 8.58. The summed E-state index contributed by atoms with van der Waals surface area (Å²) in [7, 11) is 0. The molecule has 0 spiro atoms. The molecule has 1 aromatic carbocycles. The summed E-state index contributed by atoms with van der Waals surface area (Å²) >= 11 is 6.15. The van der Waals surface area contributed by atoms with Crippen LogP contribution in [0.5, 0.6) is 0 Å². The van der Waals surface area contributed by atoms with E-state index in [1.165, 1.54) is 5.56 Å². The minimum absolute atomic E-state index is 0.132. The van der Waals surface area contributed by atoms with E-state index in [-0.39, 0.29) is 5.92 Å². The second-order valence-electron chi connectivity index (χ2n) is 8.14. The molecule has 2 heterocycles. The SMILES string of the molecule is CCN=C(NC1CC1c1cccc(Cl)c1)N1CCC(C(=O)N2CCOCC2)CC1. The first-order chi connectivity index (χ1) is 14.2. The molecule has 29 heavy (non-hydrogen) atoms. The summed E-state index contributed by atoms with van der Waals surface area (Å²) in [4.78, 5) is 21.8. The maximum absolute atomic E-state index is 12.8. The number of ether oxygens (including phenoxy) is 1. The molecule has 3 aliphatic rings. The van der Waals surface area contributed by atoms with Crippen molar-refractivity contribution in [2.75, 3.05) is 45.9 Å². The summed E-state index contributed by atoms with van der Waals surface area (Å²) in [6, 6.07) is 8.56. The van der Waals surface area contributed by atoms with Gasteiger partial charge in [0.1, 0.15) is 0 Å². The molecule has 158 valence electrons. The van der Waals surface area contributed by atoms with Gasteiger partial charge in [0.05, 0.1) is 13.2 Å². The van der Waals surface area contributed by atoms with E-state index in [4.69, 9.17) is 21.3 Å². The smallest absolute Gasteiger partial charge is 0.225 e. The van der Waals surface area contributed by atoms with E-state index >= 15 is 0 Å². The van der Waals surface area contributed by atoms with Gasteiger partial charge in [0.15, 0.2) is 5.96 Å². The molecule has 2 atom stereocenters. The molecule has 1 N–H and O–H groups in total. The molecule has 2 saturated heterocycles. The fourth-order valence-electron chi connectivity index (χ4n) is 4.39. The zero-order valence-corrected chi connectivity index (χ0v) is 17.9. The Bertz CT molecular complexity index is 742. The summed E-state index contributed by atoms with van der Waals surface area (Å²) < 4.78 is 5.37. The van der Waals surface area contributed by atoms with E-state index in [1.807, 2.05) is 17.0 Å². The van der Waals surface area contributed by atoms with Crippen LogP contribution < -0.4 is 5.32 Å². The number of benzene rings is 1. The third-order valence-electron chi connectivity index (χ3n) is 6.16. The molecule has 0 bridgehead atoms. The maximum atomic E-state index is 12.8. The van der Waals surface area contributed by atoms with Crippen molar-refractivity contribution in [2.24, 2.45) is 10.9 Å². The number of likely N-dealkylation sites (tertiary alicyclic amines) is 1. The normalized spacial score (nSPS) is 25.8. The maximum Gasteiger partial charge on any atom is 0.225 e. The van der Waals surface area contributed by atoms with Gasteiger partial charge in [-0.15, -0.1) is 0 Å². The van der Waals surface area contributed by atoms with Crippen LogP contribution in [-0.4, -0.2) is 73.6 Å². The number of carbonyl (C=O) groups is 1. The number of nitrogens with one attached hydrogen (secondary N) is 1. The lowest BCUT2D eigenvalue weighted by molar-refractivity contribution is -0.140. The molecule has 1 aliphatic carbocycles. The Labute approximate surface area is 178 Å². The van der Waals surface area contributed by atoms with Crippen LogP contribution in [0.15, 0.2) is 29.3 Å². The Hall–Kier alpha value is -1.79. The second kappa shape index (κ2) is 9.35. The van der Waals surface area contributed by atoms with E-state index in [1.54, 1.807) is 0 Å². The average Bonchev–Trinajstić information content (AvgIpc) is 3.53. The Balaban J connectivity index is 1.30. The molecule has 6 nitrogen and oxygen atoms in total. The Morgan fingerprint density at radius 1 is 1.21 bits per heavy atom. The fourth-order valence-corrected chi connectivity index (χ4v) is 4.59. The third kappa shape index (κ3) is 5.04. The molecule has 0 aromatic heterocycles. The summed E-state index contributed by atoms with van der Waals surface area (Å²) in [5.41, 5.74) is 1.29. The van der Waals surface area contributed by atoms with Gasteiger partial charge in [0.25, 0.3) is 0 Å². The first-order valence-electron chi connectivity index (χ1n) is 10.8. The summed E-state index contributed by atoms with van der Waals surface area (Å²) in [5, 5.41) is 4.45. The van der Waals surface area contributed by atoms with Crippen molar-refractivity contribution in [1.29, 1.82) is 0 Å². The van der Waals surface area contributed by atoms with E-state index < -0.39 is 0 Å². The van der Waals surface area contributed by atoms with Crippen molar-refractivity contribution in [1.82, 2.24) is 15.1 Å². The predicted octanol–water partition coefficient (Wildman–Crippen LogP) is 2.73. The number of hydrogen-bond donors (Lipinski definition) is 1. The van der Waals surface area contributed by atoms with Crippen molar-refractivity contribution >= 4 is 23.5 Å². The van der Waals surface area contributed by atoms with Crippen molar-refractivity contribution in [3.05, 3.63) is 34.9 Å². The van der Waals surface area contributed by atoms with E-state index in [2.05, 4.69) is 29.3 Å². The standard InChI is InChI=1S/C22H31ClN4O2/c1-2-24-22(25-20-15-19(20)17-4-3-5-18(23)14-17)27-8-6-16(7-9-27)21(28)26-10-12-29-13-11-26/h3-5,14,16,19-20H,2,6-13,15H2,1H3,(H,24,25). The quantitative estimate of drug-likeness (QED) is 0.603. The monoisotopic (exact) mass is 418 g/mol. The van der Waals surface area contributed by atoms with Crippen LogP contribution in [0.3, 0.4) is 0 Å². The Kier molecular flexibility index (Phi) is 6.60. The zero-order chi connectivity index (χ0) is 20.2. The van der Waals surface area contributed by atoms with Crippen molar-refractivity contribution in [3.63, 3.8) is 0 Å². The minimum atomic E-state index is 0.132. The number of nitrogens with zero attached hydrogens (tertiary/aromatic N) is 3. The molecule has 1 amide bonds. The summed E-state index contributed by atoms with van der Waals surface area (Å²) in [6.07, 6.45) is 2.89.